The van der Waals surface area contributed by atoms with Gasteiger partial charge in [-0.05, 0) is 30.3 Å². The second kappa shape index (κ2) is 8.68. The summed E-state index contributed by atoms with van der Waals surface area (Å²) in [6, 6.07) is 3.67. The van der Waals surface area contributed by atoms with Crippen LogP contribution in [0.3, 0.4) is 0 Å². The monoisotopic (exact) mass is 436 g/mol. The number of carbonyl (C=O) groups excluding carboxylic acids is 1. The van der Waals surface area contributed by atoms with Crippen molar-refractivity contribution >= 4 is 5.91 Å². The molecule has 3 rings (SSSR count). The molecule has 1 fully saturated rings. The van der Waals surface area contributed by atoms with Gasteiger partial charge < -0.3 is 14.5 Å². The maximum atomic E-state index is 13.0. The Bertz CT molecular complexity index is 826. The van der Waals surface area contributed by atoms with Crippen LogP contribution in [0.1, 0.15) is 33.3 Å². The van der Waals surface area contributed by atoms with Gasteiger partial charge in [0.15, 0.2) is 0 Å². The summed E-state index contributed by atoms with van der Waals surface area (Å²) in [6.07, 6.45) is -8.62. The Kier molecular flexibility index (Phi) is 6.41. The van der Waals surface area contributed by atoms with Gasteiger partial charge in [-0.25, -0.2) is 0 Å². The largest absolute Gasteiger partial charge is 0.468 e. The van der Waals surface area contributed by atoms with E-state index in [9.17, 15) is 31.1 Å². The molecule has 1 aliphatic heterocycles. The van der Waals surface area contributed by atoms with Crippen molar-refractivity contribution < 1.29 is 40.3 Å². The molecule has 2 heterocycles. The molecule has 1 unspecified atom stereocenters. The Morgan fingerprint density at radius 1 is 1.03 bits per heavy atom. The summed E-state index contributed by atoms with van der Waals surface area (Å²) in [5, 5.41) is 2.43. The minimum absolute atomic E-state index is 0.0177. The van der Waals surface area contributed by atoms with Crippen molar-refractivity contribution in [2.75, 3.05) is 32.8 Å². The molecule has 0 bridgehead atoms. The van der Waals surface area contributed by atoms with E-state index in [1.165, 1.54) is 6.26 Å². The van der Waals surface area contributed by atoms with E-state index in [1.807, 2.05) is 4.90 Å². The van der Waals surface area contributed by atoms with Crippen molar-refractivity contribution in [1.29, 1.82) is 0 Å². The van der Waals surface area contributed by atoms with E-state index in [2.05, 4.69) is 5.32 Å². The molecule has 1 atom stereocenters. The zero-order valence-electron chi connectivity index (χ0n) is 15.5. The molecule has 0 saturated carbocycles. The summed E-state index contributed by atoms with van der Waals surface area (Å²) in [7, 11) is 0. The van der Waals surface area contributed by atoms with Crippen LogP contribution in [0.2, 0.25) is 0 Å². The third-order valence-corrected chi connectivity index (χ3v) is 4.66. The number of hydrogen-bond donors (Lipinski definition) is 1. The number of benzene rings is 1. The average Bonchev–Trinajstić information content (AvgIpc) is 3.21. The minimum Gasteiger partial charge on any atom is -0.468 e. The summed E-state index contributed by atoms with van der Waals surface area (Å²) >= 11 is 0. The molecule has 1 saturated heterocycles. The molecule has 11 heteroatoms. The Morgan fingerprint density at radius 2 is 1.63 bits per heavy atom. The number of hydrogen-bond acceptors (Lipinski definition) is 4. The number of alkyl halides is 6. The number of morpholine rings is 1. The molecule has 0 spiro atoms. The fraction of sp³-hybridized carbons (Fsp3) is 0.421. The van der Waals surface area contributed by atoms with Gasteiger partial charge in [0.2, 0.25) is 0 Å². The van der Waals surface area contributed by atoms with Crippen LogP contribution < -0.4 is 5.32 Å². The molecule has 164 valence electrons. The Balaban J connectivity index is 1.81. The van der Waals surface area contributed by atoms with Gasteiger partial charge in [0.25, 0.3) is 5.91 Å². The summed E-state index contributed by atoms with van der Waals surface area (Å²) in [4.78, 5) is 14.4. The summed E-state index contributed by atoms with van der Waals surface area (Å²) in [6.45, 7) is 1.90. The van der Waals surface area contributed by atoms with Gasteiger partial charge in [-0.2, -0.15) is 26.3 Å². The van der Waals surface area contributed by atoms with E-state index in [0.29, 0.717) is 44.2 Å². The molecule has 1 amide bonds. The van der Waals surface area contributed by atoms with Gasteiger partial charge in [-0.3, -0.25) is 9.69 Å². The Labute approximate surface area is 167 Å². The SMILES string of the molecule is O=C(NCC(c1ccco1)N1CCOCC1)c1cc(C(F)(F)F)cc(C(F)(F)F)c1. The van der Waals surface area contributed by atoms with E-state index in [4.69, 9.17) is 9.15 Å². The fourth-order valence-electron chi connectivity index (χ4n) is 3.16. The number of ether oxygens (including phenoxy) is 1. The first-order valence-corrected chi connectivity index (χ1v) is 8.98. The molecule has 1 aromatic carbocycles. The molecule has 0 radical (unpaired) electrons. The van der Waals surface area contributed by atoms with Crippen molar-refractivity contribution in [1.82, 2.24) is 10.2 Å². The Morgan fingerprint density at radius 3 is 2.13 bits per heavy atom. The molecular formula is C19H18F6N2O3. The second-order valence-electron chi connectivity index (χ2n) is 6.68. The first kappa shape index (κ1) is 22.2. The van der Waals surface area contributed by atoms with Crippen LogP contribution in [0.4, 0.5) is 26.3 Å². The molecular weight excluding hydrogens is 418 g/mol. The van der Waals surface area contributed by atoms with E-state index in [-0.39, 0.29) is 12.6 Å². The number of amides is 1. The van der Waals surface area contributed by atoms with Crippen LogP contribution in [0, 0.1) is 0 Å². The van der Waals surface area contributed by atoms with Crippen LogP contribution >= 0.6 is 0 Å². The van der Waals surface area contributed by atoms with Gasteiger partial charge in [-0.15, -0.1) is 0 Å². The lowest BCUT2D eigenvalue weighted by Gasteiger charge is -2.33. The quantitative estimate of drug-likeness (QED) is 0.717. The van der Waals surface area contributed by atoms with Crippen LogP contribution in [0.25, 0.3) is 0 Å². The van der Waals surface area contributed by atoms with Gasteiger partial charge >= 0.3 is 12.4 Å². The maximum absolute atomic E-state index is 13.0. The Hall–Kier alpha value is -2.53. The maximum Gasteiger partial charge on any atom is 0.416 e. The number of rotatable bonds is 5. The van der Waals surface area contributed by atoms with Gasteiger partial charge in [0.05, 0.1) is 36.6 Å². The third-order valence-electron chi connectivity index (χ3n) is 4.66. The highest BCUT2D eigenvalue weighted by molar-refractivity contribution is 5.94. The van der Waals surface area contributed by atoms with Crippen molar-refractivity contribution in [2.24, 2.45) is 0 Å². The lowest BCUT2D eigenvalue weighted by atomic mass is 10.0. The fourth-order valence-corrected chi connectivity index (χ4v) is 3.16. The summed E-state index contributed by atoms with van der Waals surface area (Å²) in [5.41, 5.74) is -3.81. The van der Waals surface area contributed by atoms with Gasteiger partial charge in [-0.1, -0.05) is 0 Å². The number of nitrogens with zero attached hydrogens (tertiary/aromatic N) is 1. The lowest BCUT2D eigenvalue weighted by molar-refractivity contribution is -0.143. The molecule has 0 aliphatic carbocycles. The lowest BCUT2D eigenvalue weighted by Crippen LogP contribution is -2.43. The minimum atomic E-state index is -5.03. The summed E-state index contributed by atoms with van der Waals surface area (Å²) < 4.78 is 88.7. The zero-order valence-corrected chi connectivity index (χ0v) is 15.5. The highest BCUT2D eigenvalue weighted by Gasteiger charge is 2.37. The molecule has 2 aromatic rings. The van der Waals surface area contributed by atoms with Gasteiger partial charge in [0.1, 0.15) is 5.76 Å². The highest BCUT2D eigenvalue weighted by atomic mass is 19.4. The van der Waals surface area contributed by atoms with Crippen molar-refractivity contribution in [3.05, 3.63) is 59.0 Å². The van der Waals surface area contributed by atoms with E-state index in [0.717, 1.165) is 0 Å². The van der Waals surface area contributed by atoms with E-state index in [1.54, 1.807) is 12.1 Å². The molecule has 1 N–H and O–H groups in total. The average molecular weight is 436 g/mol. The molecule has 1 aromatic heterocycles. The smallest absolute Gasteiger partial charge is 0.416 e. The zero-order chi connectivity index (χ0) is 21.9. The highest BCUT2D eigenvalue weighted by Crippen LogP contribution is 2.36. The number of carbonyl (C=O) groups is 1. The van der Waals surface area contributed by atoms with Crippen LogP contribution in [0.5, 0.6) is 0 Å². The number of furan rings is 1. The van der Waals surface area contributed by atoms with Crippen molar-refractivity contribution in [2.45, 2.75) is 18.4 Å². The van der Waals surface area contributed by atoms with Crippen LogP contribution in [0.15, 0.2) is 41.0 Å². The number of halogens is 6. The first-order valence-electron chi connectivity index (χ1n) is 8.98. The molecule has 30 heavy (non-hydrogen) atoms. The summed E-state index contributed by atoms with van der Waals surface area (Å²) in [5.74, 6) is -0.534. The van der Waals surface area contributed by atoms with Gasteiger partial charge in [0, 0.05) is 25.2 Å². The first-order chi connectivity index (χ1) is 14.1. The molecule has 1 aliphatic rings. The normalized spacial score (nSPS) is 17.0. The molecule has 5 nitrogen and oxygen atoms in total. The van der Waals surface area contributed by atoms with Crippen molar-refractivity contribution in [3.8, 4) is 0 Å². The van der Waals surface area contributed by atoms with E-state index < -0.39 is 41.0 Å². The topological polar surface area (TPSA) is 54.7 Å². The standard InChI is InChI=1S/C19H18F6N2O3/c20-18(21,22)13-8-12(9-14(10-13)19(23,24)25)17(28)26-11-15(16-2-1-5-30-16)27-3-6-29-7-4-27/h1-2,5,8-10,15H,3-4,6-7,11H2,(H,26,28). The van der Waals surface area contributed by atoms with Crippen LogP contribution in [-0.2, 0) is 17.1 Å². The second-order valence-corrected chi connectivity index (χ2v) is 6.68. The van der Waals surface area contributed by atoms with E-state index >= 15 is 0 Å². The predicted octanol–water partition coefficient (Wildman–Crippen LogP) is 4.12. The van der Waals surface area contributed by atoms with Crippen LogP contribution in [-0.4, -0.2) is 43.7 Å². The number of nitrogens with one attached hydrogen (secondary N) is 1. The predicted molar refractivity (Wildman–Crippen MR) is 92.6 cm³/mol. The van der Waals surface area contributed by atoms with Crippen molar-refractivity contribution in [3.63, 3.8) is 0 Å². The third kappa shape index (κ3) is 5.33.